The van der Waals surface area contributed by atoms with Crippen LogP contribution in [0.3, 0.4) is 0 Å². The maximum absolute atomic E-state index is 12.4. The molecule has 0 aliphatic carbocycles. The molecule has 118 heavy (non-hydrogen) atoms. The summed E-state index contributed by atoms with van der Waals surface area (Å²) < 4.78 is 57.9. The van der Waals surface area contributed by atoms with E-state index < -0.39 is 93.8 Å². The van der Waals surface area contributed by atoms with Crippen molar-refractivity contribution in [3.63, 3.8) is 0 Å². The Morgan fingerprint density at radius 2 is 0.703 bits per heavy atom. The van der Waals surface area contributed by atoms with Crippen LogP contribution in [0.2, 0.25) is 0 Å². The monoisotopic (exact) mass is 2230 g/mol. The van der Waals surface area contributed by atoms with Crippen LogP contribution in [0.25, 0.3) is 0 Å². The van der Waals surface area contributed by atoms with Crippen LogP contribution in [0.15, 0.2) is 84.9 Å². The number of aliphatic hydroxyl groups excluding tert-OH is 3. The van der Waals surface area contributed by atoms with Gasteiger partial charge >= 0.3 is 5.97 Å². The van der Waals surface area contributed by atoms with Crippen LogP contribution >= 0.6 is 313 Å². The van der Waals surface area contributed by atoms with Crippen molar-refractivity contribution in [1.82, 2.24) is 10.6 Å². The molecule has 0 bridgehead atoms. The van der Waals surface area contributed by atoms with Crippen LogP contribution < -0.4 is 22.1 Å². The first kappa shape index (κ1) is 124. The smallest absolute Gasteiger partial charge is 0.331 e. The van der Waals surface area contributed by atoms with Crippen molar-refractivity contribution < 1.29 is 99.7 Å². The zero-order valence-corrected chi connectivity index (χ0v) is 83.9. The molecule has 1 aromatic rings. The van der Waals surface area contributed by atoms with Crippen LogP contribution in [0.1, 0.15) is 104 Å². The van der Waals surface area contributed by atoms with E-state index in [4.69, 9.17) is 387 Å². The van der Waals surface area contributed by atoms with E-state index in [-0.39, 0.29) is 145 Å². The molecule has 686 valence electrons. The lowest BCUT2D eigenvalue weighted by Crippen LogP contribution is -2.28. The number of amides is 4. The first-order valence-electron chi connectivity index (χ1n) is 33.1. The Kier molecular flexibility index (Phi) is 64.4. The van der Waals surface area contributed by atoms with E-state index in [2.05, 4.69) is 10.6 Å². The van der Waals surface area contributed by atoms with Gasteiger partial charge in [-0.1, -0.05) is 331 Å². The summed E-state index contributed by atoms with van der Waals surface area (Å²) in [5.74, 6) is -2.69. The summed E-state index contributed by atoms with van der Waals surface area (Å²) in [6.07, 6.45) is -0.381. The molecule has 53 heteroatoms. The zero-order valence-electron chi connectivity index (χ0n) is 62.7. The van der Waals surface area contributed by atoms with E-state index >= 15 is 0 Å². The highest BCUT2D eigenvalue weighted by Gasteiger charge is 2.33. The normalized spacial score (nSPS) is 14.7. The molecule has 0 aromatic heterocycles. The number of carbonyl (C=O) groups excluding carboxylic acids is 5. The number of carboxylic acid groups (broad SMARTS) is 1. The van der Waals surface area contributed by atoms with Crippen LogP contribution in [-0.4, -0.2) is 216 Å². The van der Waals surface area contributed by atoms with Crippen molar-refractivity contribution in [1.29, 1.82) is 0 Å². The van der Waals surface area contributed by atoms with Gasteiger partial charge in [-0.3, -0.25) is 23.4 Å². The SMILES string of the molecule is C/C(CO)=C(\CCC(OCC(Cl)(Cl)Cl)OCC(Cl)(Cl)Cl)C(=O)O.C/C(CO)=C(\CCC(OCC(Cl)(Cl)Cl)OCC(Cl)(Cl)Cl)C(N)=O.C/C(COS(=O)(=O)c1ccc(C)cc1)=C(\CCC(OCC(Cl)(Cl)Cl)OCC(Cl)(Cl)Cl)C(N)=O.CC1=C(CCC(OCC(Cl)(Cl)Cl)OCC(Cl)(Cl)Cl)C(=O)NC1.CC1=C(CCC=O)C(=O)NC1.OCC(Cl)(Cl)Cl. The average Bonchev–Trinajstić information content (AvgIpc) is 1.23. The molecule has 0 fully saturated rings. The molecule has 3 rings (SSSR count). The minimum Gasteiger partial charge on any atom is -0.478 e. The van der Waals surface area contributed by atoms with Crippen molar-refractivity contribution >= 4 is 359 Å². The maximum Gasteiger partial charge on any atom is 0.331 e. The van der Waals surface area contributed by atoms with E-state index in [1.807, 2.05) is 20.8 Å². The predicted octanol–water partition coefficient (Wildman–Crippen LogP) is 19.4. The van der Waals surface area contributed by atoms with Crippen molar-refractivity contribution in [2.24, 2.45) is 11.5 Å². The second kappa shape index (κ2) is 61.1. The molecule has 2 aliphatic rings. The lowest BCUT2D eigenvalue weighted by atomic mass is 10.0. The van der Waals surface area contributed by atoms with Gasteiger partial charge in [-0.15, -0.1) is 0 Å². The Labute approximate surface area is 820 Å². The number of nitrogens with one attached hydrogen (secondary N) is 2. The fourth-order valence-corrected chi connectivity index (χ4v) is 10.8. The van der Waals surface area contributed by atoms with Crippen molar-refractivity contribution in [2.45, 2.75) is 170 Å². The van der Waals surface area contributed by atoms with E-state index in [0.29, 0.717) is 61.1 Å². The highest BCUT2D eigenvalue weighted by Crippen LogP contribution is 2.36. The lowest BCUT2D eigenvalue weighted by Gasteiger charge is -2.23. The number of benzene rings is 1. The minimum absolute atomic E-state index is 0.00986. The van der Waals surface area contributed by atoms with E-state index in [0.717, 1.165) is 28.6 Å². The van der Waals surface area contributed by atoms with Gasteiger partial charge in [-0.05, 0) is 114 Å². The van der Waals surface area contributed by atoms with Crippen molar-refractivity contribution in [3.8, 4) is 0 Å². The molecule has 2 heterocycles. The van der Waals surface area contributed by atoms with E-state index in [9.17, 15) is 37.2 Å². The molecule has 10 N–H and O–H groups in total. The largest absolute Gasteiger partial charge is 0.478 e. The topological polar surface area (TPSA) is 377 Å². The molecule has 0 unspecified atom stereocenters. The second-order valence-electron chi connectivity index (χ2n) is 24.3. The quantitative estimate of drug-likeness (QED) is 0.00994. The minimum atomic E-state index is -4.04. The Morgan fingerprint density at radius 3 is 0.941 bits per heavy atom. The number of aldehydes is 1. The first-order chi connectivity index (χ1) is 53.5. The Morgan fingerprint density at radius 1 is 0.441 bits per heavy atom. The summed E-state index contributed by atoms with van der Waals surface area (Å²) >= 11 is 150. The third-order valence-electron chi connectivity index (χ3n) is 13.9. The number of hydrogen-bond donors (Lipinski definition) is 8. The van der Waals surface area contributed by atoms with Gasteiger partial charge < -0.3 is 85.2 Å². The third kappa shape index (κ3) is 69.2. The predicted molar refractivity (Wildman–Crippen MR) is 479 cm³/mol. The number of alkyl halides is 27. The molecule has 0 saturated heterocycles. The lowest BCUT2D eigenvalue weighted by molar-refractivity contribution is -0.145. The second-order valence-corrected chi connectivity index (χ2v) is 48.6. The van der Waals surface area contributed by atoms with Crippen LogP contribution in [0.5, 0.6) is 0 Å². The van der Waals surface area contributed by atoms with Gasteiger partial charge in [-0.25, -0.2) is 4.79 Å². The number of hydrogen-bond acceptors (Lipinski definition) is 20. The number of ether oxygens (including phenoxy) is 8. The third-order valence-corrected chi connectivity index (χ3v) is 18.1. The number of halogens is 27. The standard InChI is InChI=1S/C19H23Cl6NO6S.C12H17Cl6NO4.C12H15Cl6NO3.C12H16Cl6O5.C8H11NO2.C2H3Cl3O/c1-12-3-5-14(6-4-12)33(28,29)32-9-13(2)15(17(26)27)7-8-16(30-10-18(20,21)22)31-11-19(23,24)25;1-7(4-20)8(10(19)21)2-3-9(22-5-11(13,14)15)23-6-12(16,17)18;1-7-4-19-10(20)8(7)2-3-9(21-5-11(13,14)15)22-6-12(16,17)18;1-7(4-19)8(10(20)21)2-3-9(22-5-11(13,14)15)23-6-12(16,17)18;1-6-5-9-8(11)7(6)3-2-4-10;3-2(4,5)1-6/h3-6,16H,7-11H2,1-2H3,(H2,26,27);9,20H,2-6H2,1H3,(H2,19,21);9H,2-6H2,1H3,(H,19,20);9,19H,2-6H2,1H3,(H,20,21);4H,2-3,5H2,1H3,(H,9,11);6H,1H2/b15-13-;8-7-;;8-7-;;. The Hall–Kier alpha value is 2.24. The zero-order chi connectivity index (χ0) is 92.4. The van der Waals surface area contributed by atoms with Crippen LogP contribution in [0, 0.1) is 6.92 Å². The summed E-state index contributed by atoms with van der Waals surface area (Å²) in [6.45, 7) is 7.73. The first-order valence-corrected chi connectivity index (χ1v) is 44.7. The summed E-state index contributed by atoms with van der Waals surface area (Å²) in [5.41, 5.74) is 16.6. The number of aryl methyl sites for hydroxylation is 1. The Bertz CT molecular complexity index is 3370. The van der Waals surface area contributed by atoms with Gasteiger partial charge in [0.2, 0.25) is 57.8 Å². The molecule has 0 saturated carbocycles. The molecule has 0 atom stereocenters. The molecular weight excluding hydrogens is 2160 g/mol. The van der Waals surface area contributed by atoms with Gasteiger partial charge in [0, 0.05) is 73.1 Å². The summed E-state index contributed by atoms with van der Waals surface area (Å²) in [4.78, 5) is 67.2. The number of nitrogens with two attached hydrogens (primary N) is 2. The number of aliphatic carboxylic acids is 1. The molecule has 0 spiro atoms. The highest BCUT2D eigenvalue weighted by atomic mass is 35.6. The average molecular weight is 2250 g/mol. The number of rotatable bonds is 40. The van der Waals surface area contributed by atoms with Crippen molar-refractivity contribution in [3.05, 3.63) is 85.6 Å². The number of carboxylic acids is 1. The van der Waals surface area contributed by atoms with Gasteiger partial charge in [0.05, 0.1) is 84.2 Å². The molecule has 4 amide bonds. The highest BCUT2D eigenvalue weighted by molar-refractivity contribution is 7.86. The number of aliphatic hydroxyl groups is 3. The maximum atomic E-state index is 12.4. The fourth-order valence-electron chi connectivity index (χ4n) is 8.32. The fraction of sp³-hybridized carbons (Fsp3) is 0.662. The molecular formula is C65H85Cl27N4O21S. The van der Waals surface area contributed by atoms with Gasteiger partial charge in [-0.2, -0.15) is 8.42 Å². The number of primary amides is 2. The molecule has 0 radical (unpaired) electrons. The summed E-state index contributed by atoms with van der Waals surface area (Å²) in [7, 11) is -4.04. The van der Waals surface area contributed by atoms with Gasteiger partial charge in [0.15, 0.2) is 25.2 Å². The molecule has 2 aliphatic heterocycles. The van der Waals surface area contributed by atoms with Crippen LogP contribution in [0.4, 0.5) is 0 Å². The number of carbonyl (C=O) groups is 6. The summed E-state index contributed by atoms with van der Waals surface area (Å²) in [6, 6.07) is 6.13. The van der Waals surface area contributed by atoms with Crippen LogP contribution in [-0.2, 0) is 81.0 Å². The summed E-state index contributed by atoms with van der Waals surface area (Å²) in [5, 5.41) is 40.7. The van der Waals surface area contributed by atoms with Gasteiger partial charge in [0.1, 0.15) is 6.29 Å². The van der Waals surface area contributed by atoms with E-state index in [1.165, 1.54) is 26.0 Å². The molecule has 25 nitrogen and oxygen atoms in total. The van der Waals surface area contributed by atoms with Gasteiger partial charge in [0.25, 0.3) is 10.1 Å². The molecule has 1 aromatic carbocycles. The Balaban J connectivity index is -0.00000141. The van der Waals surface area contributed by atoms with Crippen molar-refractivity contribution in [2.75, 3.05) is 92.4 Å². The van der Waals surface area contributed by atoms with E-state index in [1.54, 1.807) is 19.1 Å².